The van der Waals surface area contributed by atoms with Gasteiger partial charge in [-0.3, -0.25) is 0 Å². The van der Waals surface area contributed by atoms with Crippen LogP contribution < -0.4 is 0 Å². The smallest absolute Gasteiger partial charge is 0.00762 e. The summed E-state index contributed by atoms with van der Waals surface area (Å²) in [5.41, 5.74) is 11.5. The summed E-state index contributed by atoms with van der Waals surface area (Å²) in [4.78, 5) is 0. The minimum Gasteiger partial charge on any atom is -0.0911 e. The van der Waals surface area contributed by atoms with E-state index < -0.39 is 0 Å². The maximum Gasteiger partial charge on any atom is -0.00762 e. The Kier molecular flexibility index (Phi) is 7.87. The van der Waals surface area contributed by atoms with Crippen LogP contribution in [-0.4, -0.2) is 0 Å². The Morgan fingerprint density at radius 1 is 0.786 bits per heavy atom. The largest absolute Gasteiger partial charge is 0.0911 e. The Labute approximate surface area is 173 Å². The maximum absolute atomic E-state index is 5.62. The van der Waals surface area contributed by atoms with Gasteiger partial charge in [-0.1, -0.05) is 79.0 Å². The summed E-state index contributed by atoms with van der Waals surface area (Å²) in [6.07, 6.45) is 12.0. The van der Waals surface area contributed by atoms with Gasteiger partial charge >= 0.3 is 0 Å². The van der Waals surface area contributed by atoms with Gasteiger partial charge in [0.1, 0.15) is 0 Å². The van der Waals surface area contributed by atoms with Crippen LogP contribution in [-0.2, 0) is 38.5 Å². The third-order valence-electron chi connectivity index (χ3n) is 6.12. The molecule has 2 rings (SSSR count). The average molecular weight is 374 g/mol. The predicted octanol–water partition coefficient (Wildman–Crippen LogP) is 7.77. The number of rotatable bonds is 9. The molecule has 0 aromatic heterocycles. The monoisotopic (exact) mass is 373 g/mol. The van der Waals surface area contributed by atoms with Gasteiger partial charge in [-0.25, -0.2) is 0 Å². The first-order chi connectivity index (χ1) is 13.5. The summed E-state index contributed by atoms with van der Waals surface area (Å²) in [5.74, 6) is 0. The standard InChI is InChI=1S/C28H37/c1-9-16-17-19(8)27-24(14-6)22(12-4)25(15-7)28-23(13-5)21(11-3)20(10-2)18-26(27)28/h1,9,16-18H,8,10-15H2,2-7H3/b9-1?,17-16+. The molecule has 0 heteroatoms. The SMILES string of the molecule is [CH]=C/C=C/C(=C)c1c(CC)c(CC)c(CC)c2c(CC)c(CC)c(CC)cc12. The van der Waals surface area contributed by atoms with Gasteiger partial charge in [0.2, 0.25) is 0 Å². The highest BCUT2D eigenvalue weighted by Gasteiger charge is 2.21. The molecule has 0 saturated heterocycles. The Morgan fingerprint density at radius 2 is 1.32 bits per heavy atom. The normalized spacial score (nSPS) is 11.5. The quantitative estimate of drug-likeness (QED) is 0.394. The molecule has 0 fully saturated rings. The maximum atomic E-state index is 5.62. The minimum absolute atomic E-state index is 1.03. The van der Waals surface area contributed by atoms with Gasteiger partial charge in [0.25, 0.3) is 0 Å². The molecule has 0 saturated carbocycles. The minimum atomic E-state index is 1.03. The highest BCUT2D eigenvalue weighted by molar-refractivity contribution is 6.02. The molecular weight excluding hydrogens is 336 g/mol. The van der Waals surface area contributed by atoms with E-state index in [2.05, 4.69) is 60.3 Å². The van der Waals surface area contributed by atoms with Crippen molar-refractivity contribution >= 4 is 16.3 Å². The summed E-state index contributed by atoms with van der Waals surface area (Å²) in [5, 5.41) is 2.89. The molecule has 0 aliphatic heterocycles. The van der Waals surface area contributed by atoms with Gasteiger partial charge in [-0.15, -0.1) is 0 Å². The molecule has 0 atom stereocenters. The molecule has 0 N–H and O–H groups in total. The molecule has 0 bridgehead atoms. The fourth-order valence-electron chi connectivity index (χ4n) is 5.00. The number of hydrogen-bond acceptors (Lipinski definition) is 0. The number of benzene rings is 2. The third-order valence-corrected chi connectivity index (χ3v) is 6.12. The Bertz CT molecular complexity index is 896. The van der Waals surface area contributed by atoms with Crippen LogP contribution in [0.5, 0.6) is 0 Å². The highest BCUT2D eigenvalue weighted by Crippen LogP contribution is 2.40. The van der Waals surface area contributed by atoms with Crippen LogP contribution in [0, 0.1) is 6.58 Å². The van der Waals surface area contributed by atoms with E-state index in [0.29, 0.717) is 0 Å². The van der Waals surface area contributed by atoms with Crippen molar-refractivity contribution < 1.29 is 0 Å². The number of allylic oxidation sites excluding steroid dienone is 4. The lowest BCUT2D eigenvalue weighted by molar-refractivity contribution is 0.967. The number of fused-ring (bicyclic) bond motifs is 1. The summed E-state index contributed by atoms with van der Waals surface area (Å²) in [6, 6.07) is 2.46. The molecule has 0 spiro atoms. The van der Waals surface area contributed by atoms with E-state index in [-0.39, 0.29) is 0 Å². The van der Waals surface area contributed by atoms with Gasteiger partial charge in [0.05, 0.1) is 0 Å². The first-order valence-corrected chi connectivity index (χ1v) is 11.1. The second kappa shape index (κ2) is 9.92. The van der Waals surface area contributed by atoms with Gasteiger partial charge in [0.15, 0.2) is 0 Å². The molecule has 0 nitrogen and oxygen atoms in total. The zero-order valence-corrected chi connectivity index (χ0v) is 18.8. The van der Waals surface area contributed by atoms with E-state index in [9.17, 15) is 0 Å². The lowest BCUT2D eigenvalue weighted by Gasteiger charge is -2.26. The van der Waals surface area contributed by atoms with Crippen molar-refractivity contribution in [1.29, 1.82) is 0 Å². The average Bonchev–Trinajstić information content (AvgIpc) is 2.73. The van der Waals surface area contributed by atoms with E-state index in [0.717, 1.165) is 44.1 Å². The second-order valence-corrected chi connectivity index (χ2v) is 7.42. The highest BCUT2D eigenvalue weighted by atomic mass is 14.3. The van der Waals surface area contributed by atoms with Crippen molar-refractivity contribution in [2.45, 2.75) is 80.1 Å². The van der Waals surface area contributed by atoms with E-state index in [1.165, 1.54) is 33.0 Å². The lowest BCUT2D eigenvalue weighted by Crippen LogP contribution is -2.09. The van der Waals surface area contributed by atoms with Crippen LogP contribution in [0.4, 0.5) is 0 Å². The molecule has 0 aliphatic rings. The zero-order chi connectivity index (χ0) is 20.8. The van der Waals surface area contributed by atoms with E-state index in [1.807, 2.05) is 6.08 Å². The molecular formula is C28H37. The first-order valence-electron chi connectivity index (χ1n) is 11.1. The summed E-state index contributed by atoms with van der Waals surface area (Å²) in [6.45, 7) is 23.8. The Hall–Kier alpha value is -2.08. The van der Waals surface area contributed by atoms with Gasteiger partial charge in [-0.05, 0) is 93.8 Å². The van der Waals surface area contributed by atoms with Crippen LogP contribution in [0.15, 0.2) is 30.9 Å². The molecule has 2 aromatic rings. The van der Waals surface area contributed by atoms with Gasteiger partial charge in [-0.2, -0.15) is 0 Å². The molecule has 0 amide bonds. The molecule has 1 radical (unpaired) electrons. The Morgan fingerprint density at radius 3 is 1.79 bits per heavy atom. The van der Waals surface area contributed by atoms with Gasteiger partial charge in [0, 0.05) is 0 Å². The van der Waals surface area contributed by atoms with Crippen LogP contribution in [0.2, 0.25) is 0 Å². The zero-order valence-electron chi connectivity index (χ0n) is 18.8. The summed E-state index contributed by atoms with van der Waals surface area (Å²) < 4.78 is 0. The van der Waals surface area contributed by atoms with Crippen molar-refractivity contribution in [2.24, 2.45) is 0 Å². The predicted molar refractivity (Wildman–Crippen MR) is 127 cm³/mol. The second-order valence-electron chi connectivity index (χ2n) is 7.42. The fourth-order valence-corrected chi connectivity index (χ4v) is 5.00. The lowest BCUT2D eigenvalue weighted by atomic mass is 9.79. The van der Waals surface area contributed by atoms with Crippen LogP contribution in [0.3, 0.4) is 0 Å². The number of aryl methyl sites for hydroxylation is 3. The van der Waals surface area contributed by atoms with E-state index in [1.54, 1.807) is 22.8 Å². The molecule has 0 unspecified atom stereocenters. The van der Waals surface area contributed by atoms with E-state index >= 15 is 0 Å². The van der Waals surface area contributed by atoms with Crippen LogP contribution in [0.1, 0.15) is 80.5 Å². The van der Waals surface area contributed by atoms with Crippen molar-refractivity contribution in [3.05, 3.63) is 76.4 Å². The molecule has 28 heavy (non-hydrogen) atoms. The molecule has 0 aliphatic carbocycles. The van der Waals surface area contributed by atoms with Gasteiger partial charge < -0.3 is 0 Å². The number of hydrogen-bond donors (Lipinski definition) is 0. The Balaban J connectivity index is 3.19. The van der Waals surface area contributed by atoms with Crippen molar-refractivity contribution in [3.63, 3.8) is 0 Å². The topological polar surface area (TPSA) is 0 Å². The van der Waals surface area contributed by atoms with Crippen molar-refractivity contribution in [2.75, 3.05) is 0 Å². The van der Waals surface area contributed by atoms with Crippen LogP contribution >= 0.6 is 0 Å². The first kappa shape index (κ1) is 22.2. The molecule has 0 heterocycles. The third kappa shape index (κ3) is 3.75. The van der Waals surface area contributed by atoms with Crippen molar-refractivity contribution in [1.82, 2.24) is 0 Å². The summed E-state index contributed by atoms with van der Waals surface area (Å²) >= 11 is 0. The van der Waals surface area contributed by atoms with Crippen molar-refractivity contribution in [3.8, 4) is 0 Å². The van der Waals surface area contributed by atoms with E-state index in [4.69, 9.17) is 6.58 Å². The fraction of sp³-hybridized carbons (Fsp3) is 0.429. The molecule has 149 valence electrons. The molecule has 2 aromatic carbocycles. The summed E-state index contributed by atoms with van der Waals surface area (Å²) in [7, 11) is 0. The van der Waals surface area contributed by atoms with Crippen LogP contribution in [0.25, 0.3) is 16.3 Å².